The van der Waals surface area contributed by atoms with E-state index in [-0.39, 0.29) is 19.1 Å². The molecule has 142 heavy (non-hydrogen) atoms. The van der Waals surface area contributed by atoms with Crippen molar-refractivity contribution in [1.29, 1.82) is 21.2 Å². The minimum absolute atomic E-state index is 0. The quantitative estimate of drug-likeness (QED) is 0.0396. The van der Waals surface area contributed by atoms with Crippen LogP contribution in [0.5, 0.6) is 0 Å². The molecule has 13 atom stereocenters. The standard InChI is InChI=1S/C26H29N3O.C26H29N3.C26H26N2.2C25H22N2.CH4/c1-15-10-21(11-18-6-7-20(13-22(15)18)26(27)28-30)25-14-24(25)19-5-4-17-8-9-29(3)16(2)23(17)12-19;1-15-10-21(11-18-6-7-20(26(27)28)13-22(15)18)25-14-24(25)19-5-4-17-8-9-29(3)16(2)23(17)12-19;1-16-10-22(12-20-5-4-18(15-27)11-23(16)20)26-14-25(26)21-7-6-19-8-9-28(3)17(2)24(19)13-21;2*1-15-9-21(11-19-4-3-17(14-26)10-22(15)19)25-13-24(25)20-6-5-18-7-8-27-16(2)23(18)12-20;/h4-7,10-13,16,24-25,30H,8-9,14H2,1-3H3,(H2,27,28);4-7,10-13,16,24-25H,8-9,14H2,1-3H3,(H3,27,28);4-7,10-13,17,25-26H,8-9,14H2,1-3H3;2*3-6,9-12,24-25H,7-8,13H2,1-2H3;1H4. The van der Waals surface area contributed by atoms with Gasteiger partial charge in [0.25, 0.3) is 0 Å². The van der Waals surface area contributed by atoms with E-state index in [1.165, 1.54) is 238 Å². The summed E-state index contributed by atoms with van der Waals surface area (Å²) in [6.45, 7) is 27.3. The molecule has 5 aliphatic carbocycles. The maximum Gasteiger partial charge on any atom is 0.170 e. The number of nitrogens with one attached hydrogen (secondary N) is 1. The molecule has 15 aromatic rings. The summed E-state index contributed by atoms with van der Waals surface area (Å²) in [5.41, 5.74) is 53.1. The lowest BCUT2D eigenvalue weighted by atomic mass is 9.90. The zero-order valence-corrected chi connectivity index (χ0v) is 83.8. The molecule has 714 valence electrons. The monoisotopic (exact) mass is 1870 g/mol. The van der Waals surface area contributed by atoms with Gasteiger partial charge in [-0.15, -0.1) is 0 Å². The Balaban J connectivity index is 0.000000109. The Morgan fingerprint density at radius 2 is 0.585 bits per heavy atom. The molecule has 0 spiro atoms. The van der Waals surface area contributed by atoms with E-state index in [1.807, 2.05) is 60.7 Å². The van der Waals surface area contributed by atoms with Crippen molar-refractivity contribution in [3.05, 3.63) is 410 Å². The molecule has 0 amide bonds. The van der Waals surface area contributed by atoms with Crippen molar-refractivity contribution < 1.29 is 5.21 Å². The van der Waals surface area contributed by atoms with E-state index in [9.17, 15) is 0 Å². The highest BCUT2D eigenvalue weighted by Gasteiger charge is 2.45. The number of nitrogens with zero attached hydrogens (tertiary/aromatic N) is 9. The molecular weight excluding hydrogens is 1730 g/mol. The Kier molecular flexibility index (Phi) is 26.3. The van der Waals surface area contributed by atoms with Crippen LogP contribution in [0.2, 0.25) is 0 Å². The predicted molar refractivity (Wildman–Crippen MR) is 586 cm³/mol. The average molecular weight is 1870 g/mol. The zero-order chi connectivity index (χ0) is 97.8. The molecule has 0 radical (unpaired) electrons. The summed E-state index contributed by atoms with van der Waals surface area (Å²) in [5, 5.41) is 59.4. The summed E-state index contributed by atoms with van der Waals surface area (Å²) >= 11 is 0. The third-order valence-electron chi connectivity index (χ3n) is 33.8. The smallest absolute Gasteiger partial charge is 0.170 e. The summed E-state index contributed by atoms with van der Waals surface area (Å²) in [5.74, 6) is 6.40. The Labute approximate surface area is 838 Å². The molecule has 5 fully saturated rings. The SMILES string of the molecule is C.CC1=NCCc2ccc(C3CC3c3cc(C)c4cc(C#N)ccc4c3)cc21.CC1=NCCc2ccc(C3CC3c3cc(C)c4cc(C#N)ccc4c3)cc21.Cc1cc(C2CC2c2ccc3c(c2)C(C)N(C)CC3)cc2ccc(/C(N)=N/O)cc12.Cc1cc(C2CC2c2ccc3c(c2)C(C)N(C)CC3)cc2ccc(C#N)cc12.Cc1cc(C2CC2c2ccc3c(c2)C(C)N(C)CC3)cc2ccc(C(=N)N)cc12. The molecule has 0 aromatic heterocycles. The summed E-state index contributed by atoms with van der Waals surface area (Å²) in [4.78, 5) is 16.6. The number of aryl methyl sites for hydroxylation is 5. The van der Waals surface area contributed by atoms with Crippen molar-refractivity contribution in [3.8, 4) is 18.2 Å². The third kappa shape index (κ3) is 19.1. The van der Waals surface area contributed by atoms with Gasteiger partial charge in [0.15, 0.2) is 5.84 Å². The zero-order valence-electron chi connectivity index (χ0n) is 83.8. The molecule has 13 heteroatoms. The van der Waals surface area contributed by atoms with Crippen LogP contribution in [0.4, 0.5) is 0 Å². The Bertz CT molecular complexity index is 7660. The Morgan fingerprint density at radius 3 is 0.873 bits per heavy atom. The van der Waals surface area contributed by atoms with Gasteiger partial charge in [-0.05, 0) is 467 Å². The lowest BCUT2D eigenvalue weighted by molar-refractivity contribution is 0.247. The number of hydrogen-bond acceptors (Lipinski definition) is 11. The second-order valence-corrected chi connectivity index (χ2v) is 42.7. The number of likely N-dealkylation sites (N-methyl/N-ethyl adjacent to an activating group) is 3. The highest BCUT2D eigenvalue weighted by Crippen LogP contribution is 2.61. The summed E-state index contributed by atoms with van der Waals surface area (Å²) in [6, 6.07) is 97.4. The van der Waals surface area contributed by atoms with Crippen molar-refractivity contribution in [3.63, 3.8) is 0 Å². The maximum absolute atomic E-state index is 9.17. The molecule has 13 nitrogen and oxygen atoms in total. The fraction of sp³-hybridized carbons (Fsp3) is 0.326. The molecule has 6 N–H and O–H groups in total. The number of amidine groups is 2. The molecular formula is C129H132N12O. The predicted octanol–water partition coefficient (Wildman–Crippen LogP) is 28.1. The minimum atomic E-state index is 0. The number of benzene rings is 15. The number of nitrogen functional groups attached to an aromatic ring is 1. The van der Waals surface area contributed by atoms with Crippen LogP contribution in [0.25, 0.3) is 53.9 Å². The average Bonchev–Trinajstić information content (AvgIpc) is 1.62. The number of nitriles is 3. The summed E-state index contributed by atoms with van der Waals surface area (Å²) < 4.78 is 0. The van der Waals surface area contributed by atoms with Crippen LogP contribution in [0.15, 0.2) is 258 Å². The first-order valence-corrected chi connectivity index (χ1v) is 51.2. The van der Waals surface area contributed by atoms with E-state index in [1.54, 1.807) is 0 Å². The van der Waals surface area contributed by atoms with Gasteiger partial charge < -0.3 is 16.7 Å². The number of nitrogens with two attached hydrogens (primary N) is 2. The van der Waals surface area contributed by atoms with Gasteiger partial charge in [0, 0.05) is 73.4 Å². The van der Waals surface area contributed by atoms with Crippen molar-refractivity contribution in [1.82, 2.24) is 14.7 Å². The van der Waals surface area contributed by atoms with Gasteiger partial charge in [0.2, 0.25) is 0 Å². The van der Waals surface area contributed by atoms with Crippen LogP contribution < -0.4 is 11.5 Å². The Hall–Kier alpha value is -14.0. The van der Waals surface area contributed by atoms with E-state index in [0.29, 0.717) is 77.3 Å². The second kappa shape index (κ2) is 39.1. The van der Waals surface area contributed by atoms with Crippen molar-refractivity contribution in [2.75, 3.05) is 53.9 Å². The highest BCUT2D eigenvalue weighted by atomic mass is 16.4. The normalized spacial score (nSPS) is 22.5. The third-order valence-corrected chi connectivity index (χ3v) is 33.8. The molecule has 10 aliphatic rings. The first-order valence-electron chi connectivity index (χ1n) is 51.2. The number of hydrogen-bond donors (Lipinski definition) is 4. The van der Waals surface area contributed by atoms with Crippen LogP contribution in [0, 0.1) is 74.0 Å². The summed E-state index contributed by atoms with van der Waals surface area (Å²) in [6.07, 6.45) is 11.7. The van der Waals surface area contributed by atoms with Crippen LogP contribution in [0.1, 0.15) is 318 Å². The molecule has 5 heterocycles. The fourth-order valence-electron chi connectivity index (χ4n) is 24.4. The molecule has 5 saturated carbocycles. The van der Waals surface area contributed by atoms with Crippen molar-refractivity contribution in [2.45, 2.75) is 218 Å². The lowest BCUT2D eigenvalue weighted by Crippen LogP contribution is -2.30. The Morgan fingerprint density at radius 1 is 0.324 bits per heavy atom. The molecule has 0 saturated heterocycles. The van der Waals surface area contributed by atoms with Gasteiger partial charge in [-0.25, -0.2) is 0 Å². The molecule has 0 bridgehead atoms. The van der Waals surface area contributed by atoms with E-state index >= 15 is 0 Å². The van der Waals surface area contributed by atoms with E-state index in [0.717, 1.165) is 91.6 Å². The summed E-state index contributed by atoms with van der Waals surface area (Å²) in [7, 11) is 6.69. The maximum atomic E-state index is 9.17. The number of fused-ring (bicyclic) bond motifs is 10. The van der Waals surface area contributed by atoms with E-state index < -0.39 is 0 Å². The first-order chi connectivity index (χ1) is 68.2. The molecule has 15 aromatic carbocycles. The van der Waals surface area contributed by atoms with Crippen molar-refractivity contribution in [2.24, 2.45) is 26.6 Å². The number of aliphatic imine (C=N–C) groups is 2. The van der Waals surface area contributed by atoms with E-state index in [4.69, 9.17) is 37.9 Å². The molecule has 25 rings (SSSR count). The molecule has 5 aliphatic heterocycles. The van der Waals surface area contributed by atoms with Crippen LogP contribution in [-0.2, 0) is 32.1 Å². The van der Waals surface area contributed by atoms with Gasteiger partial charge in [-0.2, -0.15) is 15.8 Å². The van der Waals surface area contributed by atoms with Crippen LogP contribution >= 0.6 is 0 Å². The van der Waals surface area contributed by atoms with Gasteiger partial charge >= 0.3 is 0 Å². The topological polar surface area (TPSA) is 214 Å². The molecule has 13 unspecified atom stereocenters. The lowest BCUT2D eigenvalue weighted by Gasteiger charge is -2.32. The van der Waals surface area contributed by atoms with Gasteiger partial charge in [-0.3, -0.25) is 30.1 Å². The van der Waals surface area contributed by atoms with Crippen LogP contribution in [-0.4, -0.2) is 96.9 Å². The number of oxime groups is 1. The van der Waals surface area contributed by atoms with Gasteiger partial charge in [0.05, 0.1) is 34.9 Å². The largest absolute Gasteiger partial charge is 0.409 e. The van der Waals surface area contributed by atoms with E-state index in [2.05, 4.69) is 320 Å². The number of rotatable bonds is 12. The van der Waals surface area contributed by atoms with Crippen LogP contribution in [0.3, 0.4) is 0 Å². The van der Waals surface area contributed by atoms with Crippen molar-refractivity contribution >= 4 is 77.0 Å². The second-order valence-electron chi connectivity index (χ2n) is 42.7. The minimum Gasteiger partial charge on any atom is -0.409 e. The highest BCUT2D eigenvalue weighted by molar-refractivity contribution is 6.04. The van der Waals surface area contributed by atoms with Gasteiger partial charge in [0.1, 0.15) is 5.84 Å². The van der Waals surface area contributed by atoms with Gasteiger partial charge in [-0.1, -0.05) is 195 Å². The first kappa shape index (κ1) is 95.6. The fourth-order valence-corrected chi connectivity index (χ4v) is 24.4.